The Balaban J connectivity index is 0.000000328. The van der Waals surface area contributed by atoms with E-state index < -0.39 is 17.9 Å². The summed E-state index contributed by atoms with van der Waals surface area (Å²) in [5, 5.41) is 0. The van der Waals surface area contributed by atoms with Gasteiger partial charge in [0.15, 0.2) is 68.9 Å². The van der Waals surface area contributed by atoms with Crippen molar-refractivity contribution in [1.29, 1.82) is 0 Å². The van der Waals surface area contributed by atoms with Crippen molar-refractivity contribution in [3.63, 3.8) is 0 Å². The van der Waals surface area contributed by atoms with Gasteiger partial charge in [-0.05, 0) is 135 Å². The van der Waals surface area contributed by atoms with Crippen molar-refractivity contribution in [2.45, 2.75) is 129 Å². The summed E-state index contributed by atoms with van der Waals surface area (Å²) in [5.41, 5.74) is 7.82. The molecule has 4 aromatic heterocycles. The van der Waals surface area contributed by atoms with E-state index in [9.17, 15) is 19.2 Å². The van der Waals surface area contributed by atoms with Crippen molar-refractivity contribution >= 4 is 80.6 Å². The van der Waals surface area contributed by atoms with Crippen LogP contribution in [0.5, 0.6) is 34.8 Å². The molecule has 626 valence electrons. The molecule has 0 atom stereocenters. The summed E-state index contributed by atoms with van der Waals surface area (Å²) < 4.78 is 62.2. The summed E-state index contributed by atoms with van der Waals surface area (Å²) in [7, 11) is 12.1. The molecule has 26 heteroatoms. The summed E-state index contributed by atoms with van der Waals surface area (Å²) in [5.74, 6) is 1.36. The maximum absolute atomic E-state index is 12.7. The SMILES string of the molecule is Br.Br.C=CC(=O)OCCCCOc1ccc(C(=O)Oc2ccc(OC(=O)c3ccc(OCCCCOC(=O)CC[n+]4ccc(N(C)C)cc4)cc3)cc2)cc1.CCCCCCCCOc1ccc(-c2cnc(OCC[n+]3ccc(N(C)C)cc3)nc2)cc1.[Br-].[C-]#[N+]c1ccc(C2OCC(CCCCC[n+]3ccc(N(C)C)cc3)CO2)cc1. The van der Waals surface area contributed by atoms with Crippen molar-refractivity contribution < 1.29 is 97.2 Å². The van der Waals surface area contributed by atoms with E-state index in [0.717, 1.165) is 80.0 Å². The van der Waals surface area contributed by atoms with E-state index in [4.69, 9.17) is 53.9 Å². The van der Waals surface area contributed by atoms with Gasteiger partial charge in [0.1, 0.15) is 41.7 Å². The number of hydrogen-bond donors (Lipinski definition) is 0. The van der Waals surface area contributed by atoms with Crippen LogP contribution in [-0.4, -0.2) is 129 Å². The highest BCUT2D eigenvalue weighted by Crippen LogP contribution is 2.30. The lowest BCUT2D eigenvalue weighted by Crippen LogP contribution is -3.00. The third kappa shape index (κ3) is 36.8. The number of carbonyl (C=O) groups excluding carboxylic acids is 4. The van der Waals surface area contributed by atoms with Gasteiger partial charge in [-0.15, -0.1) is 34.0 Å². The number of anilines is 3. The molecule has 0 aliphatic carbocycles. The molecule has 0 amide bonds. The van der Waals surface area contributed by atoms with Gasteiger partial charge in [-0.25, -0.2) is 42.9 Å². The Morgan fingerprint density at radius 1 is 0.470 bits per heavy atom. The third-order valence-electron chi connectivity index (χ3n) is 18.4. The summed E-state index contributed by atoms with van der Waals surface area (Å²) >= 11 is 0. The van der Waals surface area contributed by atoms with Crippen molar-refractivity contribution in [3.8, 4) is 45.9 Å². The molecule has 5 heterocycles. The van der Waals surface area contributed by atoms with E-state index in [1.807, 2.05) is 123 Å². The van der Waals surface area contributed by atoms with E-state index >= 15 is 0 Å². The number of unbranched alkanes of at least 4 members (excludes halogenated alkanes) is 9. The lowest BCUT2D eigenvalue weighted by Gasteiger charge is -2.29. The molecule has 9 aromatic rings. The molecule has 5 aromatic carbocycles. The predicted molar refractivity (Wildman–Crippen MR) is 460 cm³/mol. The summed E-state index contributed by atoms with van der Waals surface area (Å²) in [6.07, 6.45) is 32.1. The van der Waals surface area contributed by atoms with Gasteiger partial charge < -0.3 is 79.0 Å². The number of carbonyl (C=O) groups is 4. The number of hydrogen-bond acceptors (Lipinski definition) is 19. The molecule has 0 unspecified atom stereocenters. The highest BCUT2D eigenvalue weighted by Gasteiger charge is 2.24. The molecule has 117 heavy (non-hydrogen) atoms. The van der Waals surface area contributed by atoms with Crippen LogP contribution in [0.3, 0.4) is 0 Å². The molecule has 10 rings (SSSR count). The second kappa shape index (κ2) is 55.3. The standard InChI is InChI=1S/C41H45N2O10.C27H37N4O2.C23H30N3O2.3BrH/c1-4-38(44)50-29-7-5-27-48-34-13-9-31(10-14-34)40(46)52-36-17-19-37(20-18-36)53-41(47)32-11-15-35(16-12-32)49-28-6-8-30-51-39(45)23-26-43-24-21-33(22-25-43)42(2)3;1-4-5-6-7-8-9-19-32-26-12-10-23(11-13-26)24-21-28-27(29-22-24)33-20-18-31-16-14-25(15-17-31)30(2)3;1-24-21-10-8-20(9-11-21)23-27-17-19(18-28-23)7-5-4-6-14-26-15-12-22(13-16-26)25(2)3;;;/h4,9-22,24-25H,1,5-8,23,26-30H2,2-3H3;10-17,21-22H,4-9,18-20H2,1-3H3;8-13,15-16,19,23H,4-7,14,17-18H2,2-3H3;3*1H/q3*+1;;;/p-1. The second-order valence-corrected chi connectivity index (χ2v) is 28.0. The number of halogens is 3. The molecule has 1 aliphatic rings. The smallest absolute Gasteiger partial charge is 0.343 e. The van der Waals surface area contributed by atoms with Crippen LogP contribution >= 0.6 is 34.0 Å². The lowest BCUT2D eigenvalue weighted by atomic mass is 10.0. The molecular formula is C91H114Br3N9O14+2. The van der Waals surface area contributed by atoms with Crippen molar-refractivity contribution in [1.82, 2.24) is 9.97 Å². The zero-order valence-electron chi connectivity index (χ0n) is 68.4. The molecule has 1 fully saturated rings. The molecule has 1 aliphatic heterocycles. The maximum atomic E-state index is 12.7. The second-order valence-electron chi connectivity index (χ2n) is 28.0. The van der Waals surface area contributed by atoms with Gasteiger partial charge in [0, 0.05) is 138 Å². The number of aromatic nitrogens is 5. The van der Waals surface area contributed by atoms with E-state index in [1.54, 1.807) is 60.9 Å². The molecule has 1 saturated heterocycles. The Morgan fingerprint density at radius 2 is 0.880 bits per heavy atom. The van der Waals surface area contributed by atoms with Crippen LogP contribution in [0.15, 0.2) is 220 Å². The van der Waals surface area contributed by atoms with Crippen LogP contribution < -0.4 is 73.8 Å². The fourth-order valence-corrected chi connectivity index (χ4v) is 11.6. The predicted octanol–water partition coefficient (Wildman–Crippen LogP) is 14.1. The Labute approximate surface area is 721 Å². The Bertz CT molecular complexity index is 4330. The third-order valence-corrected chi connectivity index (χ3v) is 18.4. The summed E-state index contributed by atoms with van der Waals surface area (Å²) in [6, 6.07) is 47.7. The molecule has 0 bridgehead atoms. The molecule has 0 radical (unpaired) electrons. The number of nitrogens with zero attached hydrogens (tertiary/aromatic N) is 9. The van der Waals surface area contributed by atoms with Gasteiger partial charge in [-0.1, -0.05) is 88.4 Å². The summed E-state index contributed by atoms with van der Waals surface area (Å²) in [6.45, 7) is 19.2. The van der Waals surface area contributed by atoms with Gasteiger partial charge in [0.05, 0.1) is 63.9 Å². The number of rotatable bonds is 43. The number of ether oxygens (including phenoxy) is 10. The monoisotopic (exact) mass is 1790 g/mol. The number of benzene rings is 5. The first kappa shape index (κ1) is 97.3. The van der Waals surface area contributed by atoms with Crippen LogP contribution in [0.2, 0.25) is 0 Å². The molecular weight excluding hydrogens is 1680 g/mol. The van der Waals surface area contributed by atoms with Crippen molar-refractivity contribution in [2.75, 3.05) is 110 Å². The topological polar surface area (TPSA) is 212 Å². The van der Waals surface area contributed by atoms with Gasteiger partial charge in [0.2, 0.25) is 0 Å². The van der Waals surface area contributed by atoms with Crippen molar-refractivity contribution in [2.24, 2.45) is 5.92 Å². The van der Waals surface area contributed by atoms with Crippen LogP contribution in [0.4, 0.5) is 22.7 Å². The highest BCUT2D eigenvalue weighted by molar-refractivity contribution is 8.93. The zero-order valence-corrected chi connectivity index (χ0v) is 73.4. The lowest BCUT2D eigenvalue weighted by molar-refractivity contribution is -0.697. The van der Waals surface area contributed by atoms with Crippen LogP contribution in [0, 0.1) is 12.5 Å². The quantitative estimate of drug-likeness (QED) is 0.00868. The minimum absolute atomic E-state index is 0. The fourth-order valence-electron chi connectivity index (χ4n) is 11.6. The van der Waals surface area contributed by atoms with E-state index in [1.165, 1.54) is 87.0 Å². The zero-order chi connectivity index (χ0) is 80.9. The largest absolute Gasteiger partial charge is 1.00 e. The van der Waals surface area contributed by atoms with Crippen LogP contribution in [-0.2, 0) is 48.2 Å². The molecule has 0 N–H and O–H groups in total. The first-order valence-corrected chi connectivity index (χ1v) is 39.3. The van der Waals surface area contributed by atoms with E-state index in [-0.39, 0.29) is 74.7 Å². The average molecular weight is 1800 g/mol. The number of esters is 4. The first-order chi connectivity index (χ1) is 55.5. The minimum atomic E-state index is -0.552. The normalized spacial score (nSPS) is 12.4. The van der Waals surface area contributed by atoms with Crippen LogP contribution in [0.1, 0.15) is 136 Å². The first-order valence-electron chi connectivity index (χ1n) is 39.3. The van der Waals surface area contributed by atoms with E-state index in [2.05, 4.69) is 98.0 Å². The number of aryl methyl sites for hydroxylation is 2. The van der Waals surface area contributed by atoms with E-state index in [0.29, 0.717) is 112 Å². The number of pyridine rings is 3. The van der Waals surface area contributed by atoms with Gasteiger partial charge >= 0.3 is 29.9 Å². The highest BCUT2D eigenvalue weighted by atomic mass is 79.9. The summed E-state index contributed by atoms with van der Waals surface area (Å²) in [4.78, 5) is 66.7. The fraction of sp³-hybridized carbons (Fsp3) is 0.385. The Morgan fingerprint density at radius 3 is 1.34 bits per heavy atom. The van der Waals surface area contributed by atoms with Gasteiger partial charge in [-0.3, -0.25) is 4.79 Å². The Hall–Kier alpha value is -10.3. The Kier molecular flexibility index (Phi) is 46.0. The molecule has 0 saturated carbocycles. The van der Waals surface area contributed by atoms with Crippen LogP contribution in [0.25, 0.3) is 16.0 Å². The van der Waals surface area contributed by atoms with Crippen molar-refractivity contribution in [3.05, 3.63) is 248 Å². The van der Waals surface area contributed by atoms with Gasteiger partial charge in [0.25, 0.3) is 0 Å². The maximum Gasteiger partial charge on any atom is 0.343 e. The minimum Gasteiger partial charge on any atom is -1.00 e. The van der Waals surface area contributed by atoms with Gasteiger partial charge in [-0.2, -0.15) is 0 Å². The molecule has 23 nitrogen and oxygen atoms in total. The average Bonchev–Trinajstić information content (AvgIpc) is 0.857. The molecule has 0 spiro atoms.